The number of aromatic hydroxyl groups is 1. The molecule has 5 atom stereocenters. The Kier molecular flexibility index (Phi) is 13.6. The molecular weight excluding hydrogens is 966 g/mol. The Morgan fingerprint density at radius 2 is 1.51 bits per heavy atom. The third-order valence-electron chi connectivity index (χ3n) is 16.9. The molecule has 5 aliphatic rings. The lowest BCUT2D eigenvalue weighted by Gasteiger charge is -2.42. The lowest BCUT2D eigenvalue weighted by molar-refractivity contribution is -0.143. The number of piperidine rings is 1. The van der Waals surface area contributed by atoms with Crippen molar-refractivity contribution in [1.29, 1.82) is 0 Å². The van der Waals surface area contributed by atoms with E-state index in [0.29, 0.717) is 57.9 Å². The summed E-state index contributed by atoms with van der Waals surface area (Å²) in [4.78, 5) is 55.7. The zero-order valence-corrected chi connectivity index (χ0v) is 42.8. The van der Waals surface area contributed by atoms with Gasteiger partial charge in [-0.2, -0.15) is 5.48 Å². The van der Waals surface area contributed by atoms with Crippen LogP contribution in [0, 0.1) is 11.7 Å². The Labute approximate surface area is 440 Å². The van der Waals surface area contributed by atoms with Gasteiger partial charge in [-0.05, 0) is 124 Å². The van der Waals surface area contributed by atoms with E-state index < -0.39 is 24.0 Å². The van der Waals surface area contributed by atoms with E-state index in [1.807, 2.05) is 44.3 Å². The van der Waals surface area contributed by atoms with Crippen LogP contribution in [0.3, 0.4) is 0 Å². The van der Waals surface area contributed by atoms with Crippen LogP contribution >= 0.6 is 0 Å². The Balaban J connectivity index is 0.615. The summed E-state index contributed by atoms with van der Waals surface area (Å²) in [6, 6.07) is 24.5. The predicted octanol–water partition coefficient (Wildman–Crippen LogP) is 8.49. The number of H-pyrrole nitrogens is 1. The van der Waals surface area contributed by atoms with Gasteiger partial charge in [0.15, 0.2) is 11.4 Å². The van der Waals surface area contributed by atoms with Gasteiger partial charge in [0.25, 0.3) is 5.91 Å². The van der Waals surface area contributed by atoms with Crippen LogP contribution in [0.4, 0.5) is 16.0 Å². The molecular formula is C58H64FN11O6. The number of phenols is 1. The number of nitrogens with one attached hydrogen (secondary N) is 2. The molecule has 76 heavy (non-hydrogen) atoms. The molecule has 5 fully saturated rings. The highest BCUT2D eigenvalue weighted by Gasteiger charge is 2.45. The number of nitrogens with zero attached hydrogens (tertiary/aromatic N) is 9. The number of aliphatic hydroxyl groups is 1. The molecule has 12 rings (SSSR count). The van der Waals surface area contributed by atoms with Crippen molar-refractivity contribution >= 4 is 34.5 Å². The highest BCUT2D eigenvalue weighted by atomic mass is 19.1. The van der Waals surface area contributed by atoms with Gasteiger partial charge >= 0.3 is 0 Å². The number of aromatic amines is 1. The van der Waals surface area contributed by atoms with Crippen LogP contribution in [0.5, 0.6) is 11.5 Å². The first-order chi connectivity index (χ1) is 37.0. The molecule has 8 heterocycles. The Bertz CT molecular complexity index is 3180. The maximum absolute atomic E-state index is 14.3. The van der Waals surface area contributed by atoms with Crippen molar-refractivity contribution in [3.63, 3.8) is 0 Å². The SMILES string of the molecule is CC(C)[C@@H](C(=O)N1C[C@H](O)C[C@H]1C(=O)NOc1ccc(-c2ccccc2F)cc1)c1cc(C2CCC(N3CCC(c4cnc(N5C6CCC5CN(c5c[nH]c7nnc(-c8ccccc8O)cc57)C6)nc4)CC3)CC2)no1. The average Bonchev–Trinajstić information content (AvgIpc) is 4.26. The molecule has 17 nitrogen and oxygen atoms in total. The van der Waals surface area contributed by atoms with Gasteiger partial charge in [-0.25, -0.2) is 14.4 Å². The van der Waals surface area contributed by atoms with Gasteiger partial charge in [-0.15, -0.1) is 10.2 Å². The minimum atomic E-state index is -0.948. The summed E-state index contributed by atoms with van der Waals surface area (Å²) >= 11 is 0. The van der Waals surface area contributed by atoms with E-state index in [2.05, 4.69) is 52.9 Å². The lowest BCUT2D eigenvalue weighted by atomic mass is 9.81. The van der Waals surface area contributed by atoms with Crippen LogP contribution in [0.1, 0.15) is 106 Å². The number of piperazine rings is 1. The first-order valence-corrected chi connectivity index (χ1v) is 27.0. The molecule has 7 aromatic rings. The second-order valence-electron chi connectivity index (χ2n) is 21.9. The number of hydroxylamine groups is 1. The number of anilines is 2. The number of likely N-dealkylation sites (tertiary alicyclic amines) is 2. The monoisotopic (exact) mass is 1030 g/mol. The number of fused-ring (bicyclic) bond motifs is 3. The summed E-state index contributed by atoms with van der Waals surface area (Å²) < 4.78 is 20.3. The van der Waals surface area contributed by atoms with Gasteiger partial charge < -0.3 is 44.2 Å². The number of benzene rings is 3. The van der Waals surface area contributed by atoms with Crippen LogP contribution in [0.15, 0.2) is 108 Å². The van der Waals surface area contributed by atoms with Gasteiger partial charge in [0.05, 0.1) is 23.2 Å². The first kappa shape index (κ1) is 49.4. The lowest BCUT2D eigenvalue weighted by Crippen LogP contribution is -2.54. The molecule has 4 N–H and O–H groups in total. The number of rotatable bonds is 13. The van der Waals surface area contributed by atoms with E-state index in [1.54, 1.807) is 54.6 Å². The van der Waals surface area contributed by atoms with E-state index in [9.17, 15) is 24.2 Å². The zero-order valence-electron chi connectivity index (χ0n) is 42.8. The fourth-order valence-corrected chi connectivity index (χ4v) is 12.9. The highest BCUT2D eigenvalue weighted by molar-refractivity contribution is 5.93. The van der Waals surface area contributed by atoms with Crippen molar-refractivity contribution < 1.29 is 33.6 Å². The molecule has 18 heteroatoms. The molecule has 2 unspecified atom stereocenters. The maximum atomic E-state index is 14.3. The second kappa shape index (κ2) is 20.9. The number of para-hydroxylation sites is 1. The Morgan fingerprint density at radius 1 is 0.816 bits per heavy atom. The molecule has 2 bridgehead atoms. The fraction of sp³-hybridized carbons (Fsp3) is 0.431. The van der Waals surface area contributed by atoms with Gasteiger partial charge in [-0.3, -0.25) is 9.59 Å². The summed E-state index contributed by atoms with van der Waals surface area (Å²) in [6.45, 7) is 7.69. The molecule has 394 valence electrons. The molecule has 1 aliphatic carbocycles. The number of carbonyl (C=O) groups is 2. The van der Waals surface area contributed by atoms with Crippen LogP contribution in [-0.4, -0.2) is 125 Å². The number of aromatic nitrogens is 6. The zero-order chi connectivity index (χ0) is 52.0. The molecule has 3 aromatic carbocycles. The molecule has 2 amide bonds. The molecule has 1 saturated carbocycles. The second-order valence-corrected chi connectivity index (χ2v) is 21.9. The predicted molar refractivity (Wildman–Crippen MR) is 284 cm³/mol. The molecule has 4 aromatic heterocycles. The number of halogens is 1. The number of hydrogen-bond acceptors (Lipinski definition) is 14. The van der Waals surface area contributed by atoms with Crippen LogP contribution < -0.4 is 20.1 Å². The molecule has 4 saturated heterocycles. The normalized spacial score (nSPS) is 23.6. The van der Waals surface area contributed by atoms with E-state index in [-0.39, 0.29) is 42.3 Å². The van der Waals surface area contributed by atoms with Crippen LogP contribution in [0.2, 0.25) is 0 Å². The third kappa shape index (κ3) is 9.72. The molecule has 0 spiro atoms. The van der Waals surface area contributed by atoms with E-state index in [0.717, 1.165) is 106 Å². The number of amides is 2. The number of aliphatic hydroxyl groups excluding tert-OH is 1. The first-order valence-electron chi connectivity index (χ1n) is 27.0. The summed E-state index contributed by atoms with van der Waals surface area (Å²) in [7, 11) is 0. The van der Waals surface area contributed by atoms with Gasteiger partial charge in [0.2, 0.25) is 11.9 Å². The molecule has 0 radical (unpaired) electrons. The third-order valence-corrected chi connectivity index (χ3v) is 16.9. The minimum absolute atomic E-state index is 0.0105. The number of β-amino-alcohol motifs (C(OH)–C–C–N with tert-alkyl or cyclic N) is 1. The number of hydrogen-bond donors (Lipinski definition) is 4. The fourth-order valence-electron chi connectivity index (χ4n) is 12.9. The summed E-state index contributed by atoms with van der Waals surface area (Å²) in [6.07, 6.45) is 13.8. The van der Waals surface area contributed by atoms with Crippen molar-refractivity contribution in [3.8, 4) is 33.9 Å². The van der Waals surface area contributed by atoms with Crippen molar-refractivity contribution in [2.75, 3.05) is 42.5 Å². The molecule has 4 aliphatic heterocycles. The quantitative estimate of drug-likeness (QED) is 0.0801. The van der Waals surface area contributed by atoms with Crippen molar-refractivity contribution in [1.82, 2.24) is 45.6 Å². The average molecular weight is 1030 g/mol. The van der Waals surface area contributed by atoms with Gasteiger partial charge in [-0.1, -0.05) is 61.5 Å². The largest absolute Gasteiger partial charge is 0.507 e. The van der Waals surface area contributed by atoms with E-state index in [4.69, 9.17) is 19.3 Å². The summed E-state index contributed by atoms with van der Waals surface area (Å²) in [5.74, 6) is 0.398. The van der Waals surface area contributed by atoms with Gasteiger partial charge in [0.1, 0.15) is 29.3 Å². The smallest absolute Gasteiger partial charge is 0.275 e. The maximum Gasteiger partial charge on any atom is 0.275 e. The van der Waals surface area contributed by atoms with Crippen molar-refractivity contribution in [3.05, 3.63) is 126 Å². The van der Waals surface area contributed by atoms with Gasteiger partial charge in [0, 0.05) is 91.3 Å². The summed E-state index contributed by atoms with van der Waals surface area (Å²) in [5, 5.41) is 35.6. The topological polar surface area (TPSA) is 202 Å². The van der Waals surface area contributed by atoms with Crippen LogP contribution in [0.25, 0.3) is 33.4 Å². The Morgan fingerprint density at radius 3 is 2.22 bits per heavy atom. The minimum Gasteiger partial charge on any atom is -0.507 e. The highest BCUT2D eigenvalue weighted by Crippen LogP contribution is 2.42. The van der Waals surface area contributed by atoms with Crippen LogP contribution in [-0.2, 0) is 9.59 Å². The Hall–Kier alpha value is -7.44. The number of carbonyl (C=O) groups excluding carboxylic acids is 2. The number of phenolic OH excluding ortho intramolecular Hbond substituents is 1. The van der Waals surface area contributed by atoms with E-state index in [1.165, 1.54) is 16.5 Å². The van der Waals surface area contributed by atoms with Crippen molar-refractivity contribution in [2.45, 2.75) is 120 Å². The van der Waals surface area contributed by atoms with Crippen molar-refractivity contribution in [2.24, 2.45) is 5.92 Å². The van der Waals surface area contributed by atoms with E-state index >= 15 is 0 Å². The summed E-state index contributed by atoms with van der Waals surface area (Å²) in [5.41, 5.74) is 8.79. The standard InChI is InChI=1S/C58H64FN11O6/c1-34(2)54(57(74)69-33-42(71)25-50(69)56(73)66-75-43-19-13-36(14-20-43)44-7-3-5-9-47(44)59)53-27-48(65-76-53)37-11-15-39(16-12-37)67-23-21-35(22-24-67)38-28-61-58(62-29-38)70-40-17-18-41(70)32-68(31-40)51-30-60-55-46(51)26-49(63-64-55)45-8-4-6-10-52(45)72/h3-10,13-14,19-20,26-30,34-35,37,39-42,50,54,71-72H,11-12,15-18,21-25,31-33H2,1-2H3,(H,60,64)(H,66,73)/t37?,39?,40?,41?,42-,50+,54-/m1/s1.